The fourth-order valence-corrected chi connectivity index (χ4v) is 3.90. The summed E-state index contributed by atoms with van der Waals surface area (Å²) < 4.78 is 2.82. The highest BCUT2D eigenvalue weighted by Gasteiger charge is 2.19. The third-order valence-corrected chi connectivity index (χ3v) is 5.24. The van der Waals surface area contributed by atoms with Gasteiger partial charge in [-0.05, 0) is 12.1 Å². The summed E-state index contributed by atoms with van der Waals surface area (Å²) in [5.74, 6) is -0.216. The zero-order valence-corrected chi connectivity index (χ0v) is 15.2. The molecular weight excluding hydrogens is 372 g/mol. The van der Waals surface area contributed by atoms with Crippen molar-refractivity contribution in [3.63, 3.8) is 0 Å². The highest BCUT2D eigenvalue weighted by Crippen LogP contribution is 2.27. The molecular formula is C17H15ClN6OS. The lowest BCUT2D eigenvalue weighted by Crippen LogP contribution is -2.39. The van der Waals surface area contributed by atoms with Crippen LogP contribution in [0.15, 0.2) is 49.4 Å². The molecule has 0 saturated heterocycles. The largest absolute Gasteiger partial charge is 0.348 e. The summed E-state index contributed by atoms with van der Waals surface area (Å²) in [5, 5.41) is 4.00. The summed E-state index contributed by atoms with van der Waals surface area (Å²) in [4.78, 5) is 28.3. The number of aromatic amines is 1. The van der Waals surface area contributed by atoms with E-state index in [1.807, 2.05) is 22.9 Å². The zero-order valence-electron chi connectivity index (χ0n) is 13.6. The van der Waals surface area contributed by atoms with Crippen molar-refractivity contribution in [2.45, 2.75) is 19.0 Å². The second kappa shape index (κ2) is 7.27. The van der Waals surface area contributed by atoms with E-state index < -0.39 is 0 Å². The van der Waals surface area contributed by atoms with E-state index >= 15 is 0 Å². The molecule has 3 heterocycles. The second-order valence-corrected chi connectivity index (χ2v) is 7.25. The topological polar surface area (TPSA) is 88.5 Å². The van der Waals surface area contributed by atoms with Crippen molar-refractivity contribution in [2.75, 3.05) is 0 Å². The third kappa shape index (κ3) is 3.61. The fraction of sp³-hybridized carbons (Fsp3) is 0.176. The SMILES string of the molecule is O=C(NC(Cc1cnc[nH]1)Cn1ccnc1)c1nc2c(Cl)cccc2s1. The number of carbonyl (C=O) groups excluding carboxylic acids is 1. The van der Waals surface area contributed by atoms with E-state index in [2.05, 4.69) is 25.3 Å². The van der Waals surface area contributed by atoms with Gasteiger partial charge in [0.05, 0.1) is 28.4 Å². The number of para-hydroxylation sites is 1. The van der Waals surface area contributed by atoms with E-state index in [1.165, 1.54) is 11.3 Å². The monoisotopic (exact) mass is 386 g/mol. The third-order valence-electron chi connectivity index (χ3n) is 3.91. The first-order chi connectivity index (χ1) is 12.7. The van der Waals surface area contributed by atoms with Crippen molar-refractivity contribution < 1.29 is 4.79 Å². The Morgan fingerprint density at radius 3 is 3.04 bits per heavy atom. The van der Waals surface area contributed by atoms with Crippen molar-refractivity contribution in [3.05, 3.63) is 65.2 Å². The molecule has 1 unspecified atom stereocenters. The van der Waals surface area contributed by atoms with Crippen LogP contribution in [0.3, 0.4) is 0 Å². The molecule has 0 fully saturated rings. The van der Waals surface area contributed by atoms with Gasteiger partial charge in [-0.25, -0.2) is 15.0 Å². The number of amides is 1. The van der Waals surface area contributed by atoms with Crippen LogP contribution in [-0.2, 0) is 13.0 Å². The van der Waals surface area contributed by atoms with Crippen molar-refractivity contribution in [1.29, 1.82) is 0 Å². The Hall–Kier alpha value is -2.71. The number of imidazole rings is 2. The molecule has 0 radical (unpaired) electrons. The maximum Gasteiger partial charge on any atom is 0.280 e. The predicted octanol–water partition coefficient (Wildman–Crippen LogP) is 2.91. The Morgan fingerprint density at radius 2 is 2.31 bits per heavy atom. The summed E-state index contributed by atoms with van der Waals surface area (Å²) in [5.41, 5.74) is 1.60. The minimum absolute atomic E-state index is 0.139. The molecule has 0 spiro atoms. The van der Waals surface area contributed by atoms with Crippen LogP contribution < -0.4 is 5.32 Å². The van der Waals surface area contributed by atoms with Crippen LogP contribution in [0.25, 0.3) is 10.2 Å². The number of hydrogen-bond donors (Lipinski definition) is 2. The molecule has 2 N–H and O–H groups in total. The molecule has 1 atom stereocenters. The Bertz CT molecular complexity index is 975. The van der Waals surface area contributed by atoms with E-state index in [4.69, 9.17) is 11.6 Å². The van der Waals surface area contributed by atoms with Crippen LogP contribution in [0.4, 0.5) is 0 Å². The van der Waals surface area contributed by atoms with Gasteiger partial charge in [0.2, 0.25) is 0 Å². The molecule has 0 aliphatic rings. The predicted molar refractivity (Wildman–Crippen MR) is 100 cm³/mol. The molecule has 4 aromatic rings. The van der Waals surface area contributed by atoms with Gasteiger partial charge in [-0.15, -0.1) is 11.3 Å². The number of fused-ring (bicyclic) bond motifs is 1. The fourth-order valence-electron chi connectivity index (χ4n) is 2.73. The highest BCUT2D eigenvalue weighted by atomic mass is 35.5. The smallest absolute Gasteiger partial charge is 0.280 e. The second-order valence-electron chi connectivity index (χ2n) is 5.82. The number of nitrogens with one attached hydrogen (secondary N) is 2. The molecule has 0 aliphatic heterocycles. The number of carbonyl (C=O) groups is 1. The Morgan fingerprint density at radius 1 is 1.38 bits per heavy atom. The van der Waals surface area contributed by atoms with E-state index in [0.29, 0.717) is 28.5 Å². The first-order valence-electron chi connectivity index (χ1n) is 7.98. The van der Waals surface area contributed by atoms with Gasteiger partial charge in [-0.2, -0.15) is 0 Å². The quantitative estimate of drug-likeness (QED) is 0.533. The maximum atomic E-state index is 12.7. The molecule has 0 bridgehead atoms. The number of aromatic nitrogens is 5. The number of nitrogens with zero attached hydrogens (tertiary/aromatic N) is 4. The summed E-state index contributed by atoms with van der Waals surface area (Å²) >= 11 is 7.49. The van der Waals surface area contributed by atoms with Crippen LogP contribution in [0, 0.1) is 0 Å². The average Bonchev–Trinajstić information content (AvgIpc) is 3.36. The zero-order chi connectivity index (χ0) is 17.9. The molecule has 0 saturated carbocycles. The van der Waals surface area contributed by atoms with E-state index in [0.717, 1.165) is 10.4 Å². The van der Waals surface area contributed by atoms with Crippen LogP contribution in [0.2, 0.25) is 5.02 Å². The molecule has 0 aliphatic carbocycles. The number of thiazole rings is 1. The Kier molecular flexibility index (Phi) is 4.68. The molecule has 9 heteroatoms. The molecule has 132 valence electrons. The number of benzene rings is 1. The van der Waals surface area contributed by atoms with Gasteiger partial charge in [0.25, 0.3) is 5.91 Å². The number of halogens is 1. The number of rotatable bonds is 6. The maximum absolute atomic E-state index is 12.7. The van der Waals surface area contributed by atoms with Gasteiger partial charge in [-0.1, -0.05) is 17.7 Å². The Labute approximate surface area is 158 Å². The molecule has 7 nitrogen and oxygen atoms in total. The summed E-state index contributed by atoms with van der Waals surface area (Å²) in [6, 6.07) is 5.39. The van der Waals surface area contributed by atoms with Crippen molar-refractivity contribution in [3.8, 4) is 0 Å². The van der Waals surface area contributed by atoms with E-state index in [9.17, 15) is 4.79 Å². The van der Waals surface area contributed by atoms with Gasteiger partial charge in [0.1, 0.15) is 5.52 Å². The number of H-pyrrole nitrogens is 1. The molecule has 4 rings (SSSR count). The van der Waals surface area contributed by atoms with E-state index in [-0.39, 0.29) is 11.9 Å². The van der Waals surface area contributed by atoms with Gasteiger partial charge in [0, 0.05) is 37.3 Å². The van der Waals surface area contributed by atoms with Crippen LogP contribution in [0.1, 0.15) is 15.5 Å². The molecule has 26 heavy (non-hydrogen) atoms. The molecule has 1 amide bonds. The first-order valence-corrected chi connectivity index (χ1v) is 9.17. The van der Waals surface area contributed by atoms with Crippen LogP contribution in [0.5, 0.6) is 0 Å². The van der Waals surface area contributed by atoms with Gasteiger partial charge in [-0.3, -0.25) is 4.79 Å². The summed E-state index contributed by atoms with van der Waals surface area (Å²) in [7, 11) is 0. The first kappa shape index (κ1) is 16.7. The highest BCUT2D eigenvalue weighted by molar-refractivity contribution is 7.20. The number of hydrogen-bond acceptors (Lipinski definition) is 5. The molecule has 1 aromatic carbocycles. The minimum Gasteiger partial charge on any atom is -0.348 e. The minimum atomic E-state index is -0.216. The standard InChI is InChI=1S/C17H15ClN6OS/c18-13-2-1-3-14-15(13)23-17(26-14)16(25)22-12(6-11-7-20-9-21-11)8-24-5-4-19-10-24/h1-5,7,9-10,12H,6,8H2,(H,20,21)(H,22,25). The summed E-state index contributed by atoms with van der Waals surface area (Å²) in [6.07, 6.45) is 9.30. The van der Waals surface area contributed by atoms with Crippen LogP contribution in [-0.4, -0.2) is 36.5 Å². The lowest BCUT2D eigenvalue weighted by Gasteiger charge is -2.18. The average molecular weight is 387 g/mol. The normalized spacial score (nSPS) is 12.3. The van der Waals surface area contributed by atoms with Gasteiger partial charge < -0.3 is 14.9 Å². The van der Waals surface area contributed by atoms with Crippen LogP contribution >= 0.6 is 22.9 Å². The van der Waals surface area contributed by atoms with Gasteiger partial charge >= 0.3 is 0 Å². The van der Waals surface area contributed by atoms with E-state index in [1.54, 1.807) is 31.1 Å². The van der Waals surface area contributed by atoms with Crippen molar-refractivity contribution in [1.82, 2.24) is 29.8 Å². The Balaban J connectivity index is 1.54. The van der Waals surface area contributed by atoms with Gasteiger partial charge in [0.15, 0.2) is 5.01 Å². The lowest BCUT2D eigenvalue weighted by molar-refractivity contribution is 0.0932. The van der Waals surface area contributed by atoms with Crippen molar-refractivity contribution >= 4 is 39.1 Å². The molecule has 3 aromatic heterocycles. The summed E-state index contributed by atoms with van der Waals surface area (Å²) in [6.45, 7) is 0.594. The lowest BCUT2D eigenvalue weighted by atomic mass is 10.1. The van der Waals surface area contributed by atoms with Crippen molar-refractivity contribution in [2.24, 2.45) is 0 Å².